The molecular formula is C12H14N2O2. The third kappa shape index (κ3) is 1.66. The molecule has 1 aromatic carbocycles. The lowest BCUT2D eigenvalue weighted by Gasteiger charge is -2.20. The van der Waals surface area contributed by atoms with E-state index in [0.717, 1.165) is 5.56 Å². The van der Waals surface area contributed by atoms with Crippen LogP contribution in [0.2, 0.25) is 0 Å². The monoisotopic (exact) mass is 218 g/mol. The first kappa shape index (κ1) is 10.7. The number of benzene rings is 1. The fourth-order valence-electron chi connectivity index (χ4n) is 1.66. The highest BCUT2D eigenvalue weighted by Crippen LogP contribution is 2.31. The minimum atomic E-state index is -0.432. The lowest BCUT2D eigenvalue weighted by Crippen LogP contribution is -2.12. The van der Waals surface area contributed by atoms with Crippen molar-refractivity contribution >= 4 is 11.0 Å². The Hall–Kier alpha value is -1.84. The van der Waals surface area contributed by atoms with Gasteiger partial charge >= 0.3 is 0 Å². The molecule has 1 aromatic heterocycles. The number of nitrogens with zero attached hydrogens (tertiary/aromatic N) is 2. The van der Waals surface area contributed by atoms with Crippen LogP contribution in [-0.4, -0.2) is 20.2 Å². The molecular weight excluding hydrogens is 204 g/mol. The maximum atomic E-state index is 9.38. The normalized spacial score (nSPS) is 11.9. The predicted octanol–water partition coefficient (Wildman–Crippen LogP) is 2.34. The quantitative estimate of drug-likeness (QED) is 0.712. The van der Waals surface area contributed by atoms with Crippen molar-refractivity contribution in [3.63, 3.8) is 0 Å². The van der Waals surface area contributed by atoms with E-state index in [-0.39, 0.29) is 5.41 Å². The highest BCUT2D eigenvalue weighted by Gasteiger charge is 2.19. The van der Waals surface area contributed by atoms with Gasteiger partial charge in [-0.15, -0.1) is 0 Å². The number of aromatic nitrogens is 2. The highest BCUT2D eigenvalue weighted by molar-refractivity contribution is 5.80. The molecule has 0 amide bonds. The van der Waals surface area contributed by atoms with Crippen LogP contribution in [0.15, 0.2) is 18.2 Å². The van der Waals surface area contributed by atoms with E-state index in [1.807, 2.05) is 12.1 Å². The Morgan fingerprint density at radius 3 is 2.25 bits per heavy atom. The van der Waals surface area contributed by atoms with Crippen molar-refractivity contribution in [3.8, 4) is 11.8 Å². The number of fused-ring (bicyclic) bond motifs is 1. The first-order chi connectivity index (χ1) is 7.39. The SMILES string of the molecule is CC(C)(C)c1cccc2nc(O)c(O)nc12. The van der Waals surface area contributed by atoms with Crippen LogP contribution in [0.4, 0.5) is 0 Å². The molecule has 4 heteroatoms. The van der Waals surface area contributed by atoms with Gasteiger partial charge in [-0.05, 0) is 17.0 Å². The lowest BCUT2D eigenvalue weighted by molar-refractivity contribution is 0.377. The molecule has 1 heterocycles. The molecule has 0 aliphatic heterocycles. The van der Waals surface area contributed by atoms with E-state index in [9.17, 15) is 10.2 Å². The Morgan fingerprint density at radius 1 is 1.00 bits per heavy atom. The van der Waals surface area contributed by atoms with Gasteiger partial charge in [0.25, 0.3) is 11.8 Å². The molecule has 0 radical (unpaired) electrons. The van der Waals surface area contributed by atoms with Gasteiger partial charge in [-0.3, -0.25) is 0 Å². The zero-order chi connectivity index (χ0) is 11.9. The van der Waals surface area contributed by atoms with Crippen LogP contribution in [0, 0.1) is 0 Å². The summed E-state index contributed by atoms with van der Waals surface area (Å²) < 4.78 is 0. The van der Waals surface area contributed by atoms with Crippen LogP contribution in [0.1, 0.15) is 26.3 Å². The molecule has 0 fully saturated rings. The zero-order valence-electron chi connectivity index (χ0n) is 9.52. The van der Waals surface area contributed by atoms with Crippen molar-refractivity contribution in [2.75, 3.05) is 0 Å². The molecule has 4 nitrogen and oxygen atoms in total. The van der Waals surface area contributed by atoms with Gasteiger partial charge in [-0.1, -0.05) is 32.9 Å². The maximum Gasteiger partial charge on any atom is 0.276 e. The average Bonchev–Trinajstić information content (AvgIpc) is 2.17. The predicted molar refractivity (Wildman–Crippen MR) is 61.6 cm³/mol. The summed E-state index contributed by atoms with van der Waals surface area (Å²) >= 11 is 0. The highest BCUT2D eigenvalue weighted by atomic mass is 16.3. The molecule has 0 unspecified atom stereocenters. The van der Waals surface area contributed by atoms with Gasteiger partial charge in [0.05, 0.1) is 11.0 Å². The molecule has 0 bridgehead atoms. The first-order valence-electron chi connectivity index (χ1n) is 5.09. The van der Waals surface area contributed by atoms with Gasteiger partial charge < -0.3 is 10.2 Å². The minimum absolute atomic E-state index is 0.0857. The summed E-state index contributed by atoms with van der Waals surface area (Å²) in [6, 6.07) is 5.58. The van der Waals surface area contributed by atoms with E-state index >= 15 is 0 Å². The smallest absolute Gasteiger partial charge is 0.276 e. The van der Waals surface area contributed by atoms with Gasteiger partial charge in [0.2, 0.25) is 0 Å². The van der Waals surface area contributed by atoms with Crippen LogP contribution in [0.25, 0.3) is 11.0 Å². The molecule has 0 atom stereocenters. The summed E-state index contributed by atoms with van der Waals surface area (Å²) in [5.41, 5.74) is 2.12. The number of hydrogen-bond acceptors (Lipinski definition) is 4. The zero-order valence-corrected chi connectivity index (χ0v) is 9.52. The Labute approximate surface area is 93.6 Å². The molecule has 2 rings (SSSR count). The van der Waals surface area contributed by atoms with Gasteiger partial charge in [0.15, 0.2) is 0 Å². The van der Waals surface area contributed by atoms with Crippen molar-refractivity contribution in [2.45, 2.75) is 26.2 Å². The van der Waals surface area contributed by atoms with Gasteiger partial charge in [0.1, 0.15) is 0 Å². The second-order valence-electron chi connectivity index (χ2n) is 4.79. The van der Waals surface area contributed by atoms with Crippen LogP contribution >= 0.6 is 0 Å². The molecule has 0 aliphatic rings. The summed E-state index contributed by atoms with van der Waals surface area (Å²) in [5, 5.41) is 18.7. The van der Waals surface area contributed by atoms with E-state index in [1.165, 1.54) is 0 Å². The molecule has 16 heavy (non-hydrogen) atoms. The maximum absolute atomic E-state index is 9.38. The fourth-order valence-corrected chi connectivity index (χ4v) is 1.66. The summed E-state index contributed by atoms with van der Waals surface area (Å²) in [7, 11) is 0. The van der Waals surface area contributed by atoms with Crippen LogP contribution in [-0.2, 0) is 5.41 Å². The third-order valence-corrected chi connectivity index (χ3v) is 2.47. The molecule has 0 spiro atoms. The van der Waals surface area contributed by atoms with E-state index in [0.29, 0.717) is 11.0 Å². The van der Waals surface area contributed by atoms with E-state index in [4.69, 9.17) is 0 Å². The Morgan fingerprint density at radius 2 is 1.62 bits per heavy atom. The minimum Gasteiger partial charge on any atom is -0.489 e. The largest absolute Gasteiger partial charge is 0.489 e. The molecule has 0 aliphatic carbocycles. The van der Waals surface area contributed by atoms with Crippen LogP contribution < -0.4 is 0 Å². The number of aromatic hydroxyl groups is 2. The summed E-state index contributed by atoms with van der Waals surface area (Å²) in [5.74, 6) is -0.859. The standard InChI is InChI=1S/C12H14N2O2/c1-12(2,3)7-5-4-6-8-9(7)14-11(16)10(15)13-8/h4-6H,1-3H3,(H,13,15)(H,14,16). The summed E-state index contributed by atoms with van der Waals surface area (Å²) in [6.45, 7) is 6.19. The number of hydrogen-bond donors (Lipinski definition) is 2. The summed E-state index contributed by atoms with van der Waals surface area (Å²) in [6.07, 6.45) is 0. The van der Waals surface area contributed by atoms with Crippen molar-refractivity contribution in [3.05, 3.63) is 23.8 Å². The van der Waals surface area contributed by atoms with Crippen LogP contribution in [0.3, 0.4) is 0 Å². The average molecular weight is 218 g/mol. The Bertz CT molecular complexity index is 544. The molecule has 2 N–H and O–H groups in total. The lowest BCUT2D eigenvalue weighted by atomic mass is 9.86. The second-order valence-corrected chi connectivity index (χ2v) is 4.79. The van der Waals surface area contributed by atoms with Gasteiger partial charge in [-0.2, -0.15) is 0 Å². The first-order valence-corrected chi connectivity index (χ1v) is 5.09. The van der Waals surface area contributed by atoms with Crippen molar-refractivity contribution in [1.82, 2.24) is 9.97 Å². The topological polar surface area (TPSA) is 66.2 Å². The number of rotatable bonds is 0. The molecule has 0 saturated carbocycles. The fraction of sp³-hybridized carbons (Fsp3) is 0.333. The van der Waals surface area contributed by atoms with Crippen molar-refractivity contribution in [2.24, 2.45) is 0 Å². The van der Waals surface area contributed by atoms with E-state index < -0.39 is 11.8 Å². The second kappa shape index (κ2) is 3.33. The molecule has 84 valence electrons. The number of para-hydroxylation sites is 1. The summed E-state index contributed by atoms with van der Waals surface area (Å²) in [4.78, 5) is 7.88. The van der Waals surface area contributed by atoms with Gasteiger partial charge in [0, 0.05) is 0 Å². The van der Waals surface area contributed by atoms with E-state index in [2.05, 4.69) is 30.7 Å². The van der Waals surface area contributed by atoms with Crippen LogP contribution in [0.5, 0.6) is 11.8 Å². The molecule has 2 aromatic rings. The van der Waals surface area contributed by atoms with E-state index in [1.54, 1.807) is 6.07 Å². The van der Waals surface area contributed by atoms with Crippen molar-refractivity contribution in [1.29, 1.82) is 0 Å². The van der Waals surface area contributed by atoms with Gasteiger partial charge in [-0.25, -0.2) is 9.97 Å². The molecule has 0 saturated heterocycles. The Kier molecular flexibility index (Phi) is 2.22. The Balaban J connectivity index is 2.82. The van der Waals surface area contributed by atoms with Crippen molar-refractivity contribution < 1.29 is 10.2 Å². The third-order valence-electron chi connectivity index (χ3n) is 2.47.